The van der Waals surface area contributed by atoms with E-state index in [1.807, 2.05) is 85.3 Å². The molecule has 0 fully saturated rings. The van der Waals surface area contributed by atoms with Gasteiger partial charge in [-0.2, -0.15) is 5.10 Å². The summed E-state index contributed by atoms with van der Waals surface area (Å²) >= 11 is 1.31. The molecule has 1 aliphatic rings. The average molecular weight is 499 g/mol. The van der Waals surface area contributed by atoms with Crippen LogP contribution in [0.2, 0.25) is 0 Å². The van der Waals surface area contributed by atoms with Crippen molar-refractivity contribution < 1.29 is 9.53 Å². The van der Waals surface area contributed by atoms with Gasteiger partial charge in [-0.25, -0.2) is 14.5 Å². The van der Waals surface area contributed by atoms with Crippen LogP contribution in [-0.2, 0) is 9.53 Å². The van der Waals surface area contributed by atoms with Gasteiger partial charge >= 0.3 is 5.97 Å². The number of benzene rings is 2. The van der Waals surface area contributed by atoms with E-state index < -0.39 is 12.0 Å². The molecule has 0 bridgehead atoms. The van der Waals surface area contributed by atoms with Crippen LogP contribution in [0.25, 0.3) is 11.8 Å². The Kier molecular flexibility index (Phi) is 6.28. The van der Waals surface area contributed by atoms with Crippen LogP contribution in [0.4, 0.5) is 0 Å². The SMILES string of the molecule is CCOC(=O)C1=C(C)N=c2sc(=Cc3c(C)nn(-c4ccccc4)c3C)c(=O)n2[C@@H]1c1ccccc1. The molecule has 0 amide bonds. The molecule has 36 heavy (non-hydrogen) atoms. The number of carbonyl (C=O) groups is 1. The molecule has 0 saturated carbocycles. The second kappa shape index (κ2) is 9.54. The van der Waals surface area contributed by atoms with Gasteiger partial charge in [0.25, 0.3) is 5.56 Å². The highest BCUT2D eigenvalue weighted by atomic mass is 32.1. The molecule has 2 aromatic carbocycles. The van der Waals surface area contributed by atoms with Gasteiger partial charge in [0.15, 0.2) is 4.80 Å². The zero-order chi connectivity index (χ0) is 25.4. The van der Waals surface area contributed by atoms with Crippen molar-refractivity contribution in [2.24, 2.45) is 4.99 Å². The van der Waals surface area contributed by atoms with Crippen LogP contribution in [-0.4, -0.2) is 26.9 Å². The Bertz CT molecular complexity index is 1660. The molecule has 2 aromatic heterocycles. The Morgan fingerprint density at radius 3 is 2.39 bits per heavy atom. The monoisotopic (exact) mass is 498 g/mol. The minimum atomic E-state index is -0.613. The van der Waals surface area contributed by atoms with Crippen LogP contribution >= 0.6 is 11.3 Å². The van der Waals surface area contributed by atoms with Gasteiger partial charge in [0.1, 0.15) is 0 Å². The Morgan fingerprint density at radius 2 is 1.72 bits per heavy atom. The van der Waals surface area contributed by atoms with Gasteiger partial charge in [-0.05, 0) is 51.5 Å². The maximum Gasteiger partial charge on any atom is 0.338 e. The van der Waals surface area contributed by atoms with Crippen LogP contribution in [0.15, 0.2) is 81.7 Å². The predicted molar refractivity (Wildman–Crippen MR) is 140 cm³/mol. The summed E-state index contributed by atoms with van der Waals surface area (Å²) in [7, 11) is 0. The lowest BCUT2D eigenvalue weighted by Crippen LogP contribution is -2.39. The quantitative estimate of drug-likeness (QED) is 0.394. The number of hydrogen-bond acceptors (Lipinski definition) is 6. The molecule has 1 atom stereocenters. The number of fused-ring (bicyclic) bond motifs is 1. The van der Waals surface area contributed by atoms with Gasteiger partial charge in [0.2, 0.25) is 0 Å². The van der Waals surface area contributed by atoms with E-state index in [9.17, 15) is 9.59 Å². The number of hydrogen-bond donors (Lipinski definition) is 0. The molecule has 0 saturated heterocycles. The molecule has 1 aliphatic heterocycles. The summed E-state index contributed by atoms with van der Waals surface area (Å²) in [5.41, 5.74) is 5.17. The summed E-state index contributed by atoms with van der Waals surface area (Å²) in [6, 6.07) is 18.8. The molecule has 182 valence electrons. The summed E-state index contributed by atoms with van der Waals surface area (Å²) in [6.07, 6.45) is 1.88. The molecule has 0 unspecified atom stereocenters. The second-order valence-electron chi connectivity index (χ2n) is 8.54. The normalized spacial score (nSPS) is 15.6. The Morgan fingerprint density at radius 1 is 1.06 bits per heavy atom. The van der Waals surface area contributed by atoms with E-state index in [0.717, 1.165) is 28.2 Å². The number of allylic oxidation sites excluding steroid dienone is 1. The molecule has 0 aliphatic carbocycles. The zero-order valence-corrected chi connectivity index (χ0v) is 21.4. The minimum absolute atomic E-state index is 0.201. The molecule has 7 nitrogen and oxygen atoms in total. The Balaban J connectivity index is 1.70. The first-order chi connectivity index (χ1) is 17.4. The fourth-order valence-corrected chi connectivity index (χ4v) is 5.59. The number of carbonyl (C=O) groups excluding carboxylic acids is 1. The molecule has 3 heterocycles. The van der Waals surface area contributed by atoms with Gasteiger partial charge < -0.3 is 4.74 Å². The van der Waals surface area contributed by atoms with E-state index in [4.69, 9.17) is 9.84 Å². The van der Waals surface area contributed by atoms with Gasteiger partial charge in [-0.3, -0.25) is 9.36 Å². The smallest absolute Gasteiger partial charge is 0.338 e. The third-order valence-electron chi connectivity index (χ3n) is 6.26. The molecule has 8 heteroatoms. The fourth-order valence-electron chi connectivity index (χ4n) is 4.56. The van der Waals surface area contributed by atoms with Crippen molar-refractivity contribution in [3.63, 3.8) is 0 Å². The Labute approximate surface area is 212 Å². The number of ether oxygens (including phenoxy) is 1. The highest BCUT2D eigenvalue weighted by molar-refractivity contribution is 7.07. The first-order valence-electron chi connectivity index (χ1n) is 11.8. The lowest BCUT2D eigenvalue weighted by molar-refractivity contribution is -0.139. The maximum absolute atomic E-state index is 13.8. The van der Waals surface area contributed by atoms with E-state index in [0.29, 0.717) is 20.6 Å². The van der Waals surface area contributed by atoms with Gasteiger partial charge in [0.05, 0.1) is 39.8 Å². The molecule has 0 spiro atoms. The first kappa shape index (κ1) is 23.7. The van der Waals surface area contributed by atoms with Crippen LogP contribution < -0.4 is 14.9 Å². The molecule has 0 radical (unpaired) electrons. The van der Waals surface area contributed by atoms with Crippen LogP contribution in [0.3, 0.4) is 0 Å². The number of nitrogens with zero attached hydrogens (tertiary/aromatic N) is 4. The van der Waals surface area contributed by atoms with Crippen molar-refractivity contribution in [3.8, 4) is 5.69 Å². The lowest BCUT2D eigenvalue weighted by atomic mass is 9.96. The summed E-state index contributed by atoms with van der Waals surface area (Å²) < 4.78 is 9.37. The van der Waals surface area contributed by atoms with Crippen molar-refractivity contribution in [3.05, 3.63) is 114 Å². The summed E-state index contributed by atoms with van der Waals surface area (Å²) in [5.74, 6) is -0.460. The number of aromatic nitrogens is 3. The zero-order valence-electron chi connectivity index (χ0n) is 20.6. The van der Waals surface area contributed by atoms with Gasteiger partial charge in [-0.1, -0.05) is 59.9 Å². The van der Waals surface area contributed by atoms with Gasteiger partial charge in [-0.15, -0.1) is 0 Å². The van der Waals surface area contributed by atoms with E-state index in [1.165, 1.54) is 11.3 Å². The van der Waals surface area contributed by atoms with Crippen molar-refractivity contribution >= 4 is 23.4 Å². The van der Waals surface area contributed by atoms with Crippen molar-refractivity contribution in [1.29, 1.82) is 0 Å². The van der Waals surface area contributed by atoms with Crippen molar-refractivity contribution in [1.82, 2.24) is 14.3 Å². The second-order valence-corrected chi connectivity index (χ2v) is 9.55. The maximum atomic E-state index is 13.8. The number of para-hydroxylation sites is 1. The number of esters is 1. The summed E-state index contributed by atoms with van der Waals surface area (Å²) in [4.78, 5) is 32.0. The highest BCUT2D eigenvalue weighted by Crippen LogP contribution is 2.30. The summed E-state index contributed by atoms with van der Waals surface area (Å²) in [6.45, 7) is 7.72. The van der Waals surface area contributed by atoms with Crippen molar-refractivity contribution in [2.45, 2.75) is 33.7 Å². The minimum Gasteiger partial charge on any atom is -0.463 e. The van der Waals surface area contributed by atoms with Crippen LogP contribution in [0, 0.1) is 13.8 Å². The third-order valence-corrected chi connectivity index (χ3v) is 7.24. The number of thiazole rings is 1. The van der Waals surface area contributed by atoms with Crippen LogP contribution in [0.1, 0.15) is 42.4 Å². The predicted octanol–water partition coefficient (Wildman–Crippen LogP) is 3.60. The topological polar surface area (TPSA) is 78.5 Å². The number of rotatable bonds is 5. The molecule has 5 rings (SSSR count). The van der Waals surface area contributed by atoms with E-state index in [-0.39, 0.29) is 12.2 Å². The fraction of sp³-hybridized carbons (Fsp3) is 0.214. The van der Waals surface area contributed by atoms with E-state index in [2.05, 4.69) is 4.99 Å². The van der Waals surface area contributed by atoms with Crippen molar-refractivity contribution in [2.75, 3.05) is 6.61 Å². The third kappa shape index (κ3) is 4.03. The molecular formula is C28H26N4O3S. The largest absolute Gasteiger partial charge is 0.463 e. The number of aryl methyl sites for hydroxylation is 1. The Hall–Kier alpha value is -4.04. The standard InChI is InChI=1S/C28H26N4O3S/c1-5-35-27(34)24-18(3)29-28-31(25(24)20-12-8-6-9-13-20)26(33)23(36-28)16-22-17(2)30-32(19(22)4)21-14-10-7-11-15-21/h6-16,25H,5H2,1-4H3/t25-/m1/s1. The molecule has 4 aromatic rings. The molecule has 0 N–H and O–H groups in total. The summed E-state index contributed by atoms with van der Waals surface area (Å²) in [5, 5.41) is 4.71. The van der Waals surface area contributed by atoms with Crippen LogP contribution in [0.5, 0.6) is 0 Å². The lowest BCUT2D eigenvalue weighted by Gasteiger charge is -2.24. The highest BCUT2D eigenvalue weighted by Gasteiger charge is 2.33. The first-order valence-corrected chi connectivity index (χ1v) is 12.6. The van der Waals surface area contributed by atoms with Gasteiger partial charge in [0, 0.05) is 11.3 Å². The van der Waals surface area contributed by atoms with E-state index in [1.54, 1.807) is 18.4 Å². The van der Waals surface area contributed by atoms with E-state index >= 15 is 0 Å². The molecular weight excluding hydrogens is 472 g/mol. The average Bonchev–Trinajstić information content (AvgIpc) is 3.34.